The molecule has 0 bridgehead atoms. The van der Waals surface area contributed by atoms with E-state index in [1.54, 1.807) is 12.1 Å². The van der Waals surface area contributed by atoms with E-state index in [0.717, 1.165) is 5.56 Å². The molecule has 1 heterocycles. The number of carboxylic acids is 1. The maximum atomic E-state index is 12.5. The summed E-state index contributed by atoms with van der Waals surface area (Å²) < 4.78 is 27.3. The standard InChI is InChI=1S/C19H16N4O5S/c1-12-8-9-20-18(10-12)23-29(27,28)15-5-2-13(3-6-15)21-22-14-4-7-17(24)16(11-14)19(25)26/h2-11,24H,1H3,(H,20,23)(H,25,26). The van der Waals surface area contributed by atoms with Crippen molar-refractivity contribution in [3.63, 3.8) is 0 Å². The van der Waals surface area contributed by atoms with Gasteiger partial charge in [-0.15, -0.1) is 0 Å². The SMILES string of the molecule is Cc1ccnc(NS(=O)(=O)c2ccc(N=Nc3ccc(O)c(C(=O)O)c3)cc2)c1. The topological polar surface area (TPSA) is 141 Å². The van der Waals surface area contributed by atoms with E-state index in [1.165, 1.54) is 48.7 Å². The van der Waals surface area contributed by atoms with E-state index in [0.29, 0.717) is 5.69 Å². The van der Waals surface area contributed by atoms with Gasteiger partial charge in [-0.1, -0.05) is 0 Å². The van der Waals surface area contributed by atoms with Gasteiger partial charge in [0.1, 0.15) is 17.1 Å². The number of benzene rings is 2. The summed E-state index contributed by atoms with van der Waals surface area (Å²) in [6.45, 7) is 1.83. The van der Waals surface area contributed by atoms with E-state index in [4.69, 9.17) is 5.11 Å². The molecule has 0 aliphatic carbocycles. The minimum absolute atomic E-state index is 0.0255. The van der Waals surface area contributed by atoms with Gasteiger partial charge in [0.05, 0.1) is 16.3 Å². The summed E-state index contributed by atoms with van der Waals surface area (Å²) in [7, 11) is -3.81. The summed E-state index contributed by atoms with van der Waals surface area (Å²) in [5.41, 5.74) is 1.17. The number of aromatic carboxylic acids is 1. The Morgan fingerprint density at radius 1 is 1.00 bits per heavy atom. The van der Waals surface area contributed by atoms with Crippen molar-refractivity contribution in [3.8, 4) is 5.75 Å². The number of rotatable bonds is 6. The number of azo groups is 1. The monoisotopic (exact) mass is 412 g/mol. The van der Waals surface area contributed by atoms with E-state index >= 15 is 0 Å². The van der Waals surface area contributed by atoms with E-state index in [2.05, 4.69) is 19.9 Å². The van der Waals surface area contributed by atoms with Gasteiger partial charge in [-0.05, 0) is 67.1 Å². The van der Waals surface area contributed by atoms with Crippen LogP contribution in [0.4, 0.5) is 17.2 Å². The summed E-state index contributed by atoms with van der Waals surface area (Å²) in [4.78, 5) is 15.0. The molecule has 0 fully saturated rings. The Bertz CT molecular complexity index is 1190. The fraction of sp³-hybridized carbons (Fsp3) is 0.0526. The number of aromatic hydroxyl groups is 1. The largest absolute Gasteiger partial charge is 0.507 e. The van der Waals surface area contributed by atoms with Crippen LogP contribution < -0.4 is 4.72 Å². The van der Waals surface area contributed by atoms with Crippen molar-refractivity contribution in [2.24, 2.45) is 10.2 Å². The minimum Gasteiger partial charge on any atom is -0.507 e. The molecule has 10 heteroatoms. The van der Waals surface area contributed by atoms with Crippen LogP contribution in [0.3, 0.4) is 0 Å². The first kappa shape index (κ1) is 20.0. The fourth-order valence-electron chi connectivity index (χ4n) is 2.35. The van der Waals surface area contributed by atoms with Gasteiger partial charge in [0.2, 0.25) is 0 Å². The van der Waals surface area contributed by atoms with Crippen LogP contribution in [0.5, 0.6) is 5.75 Å². The molecule has 0 aliphatic rings. The first-order valence-electron chi connectivity index (χ1n) is 8.28. The number of sulfonamides is 1. The third-order valence-corrected chi connectivity index (χ3v) is 5.16. The van der Waals surface area contributed by atoms with Crippen molar-refractivity contribution in [2.75, 3.05) is 4.72 Å². The lowest BCUT2D eigenvalue weighted by Gasteiger charge is -2.07. The number of phenols is 1. The summed E-state index contributed by atoms with van der Waals surface area (Å²) in [5, 5.41) is 26.4. The maximum absolute atomic E-state index is 12.5. The van der Waals surface area contributed by atoms with Crippen molar-refractivity contribution >= 4 is 33.2 Å². The third kappa shape index (κ3) is 4.93. The van der Waals surface area contributed by atoms with Crippen LogP contribution >= 0.6 is 0 Å². The molecule has 2 aromatic carbocycles. The number of carbonyl (C=O) groups is 1. The summed E-state index contributed by atoms with van der Waals surface area (Å²) in [5.74, 6) is -1.44. The number of aromatic nitrogens is 1. The molecule has 0 aliphatic heterocycles. The Labute approximate surface area is 166 Å². The molecule has 0 atom stereocenters. The molecule has 0 saturated heterocycles. The number of anilines is 1. The Kier molecular flexibility index (Phi) is 5.55. The molecule has 3 aromatic rings. The first-order valence-corrected chi connectivity index (χ1v) is 9.76. The van der Waals surface area contributed by atoms with Crippen molar-refractivity contribution < 1.29 is 23.4 Å². The average molecular weight is 412 g/mol. The van der Waals surface area contributed by atoms with Crippen LogP contribution in [0.25, 0.3) is 0 Å². The molecule has 3 rings (SSSR count). The van der Waals surface area contributed by atoms with Crippen LogP contribution in [-0.2, 0) is 10.0 Å². The maximum Gasteiger partial charge on any atom is 0.339 e. The molecule has 3 N–H and O–H groups in total. The molecule has 148 valence electrons. The van der Waals surface area contributed by atoms with E-state index in [1.807, 2.05) is 6.92 Å². The van der Waals surface area contributed by atoms with Gasteiger partial charge >= 0.3 is 5.97 Å². The number of aryl methyl sites for hydroxylation is 1. The van der Waals surface area contributed by atoms with E-state index in [9.17, 15) is 18.3 Å². The van der Waals surface area contributed by atoms with Crippen LogP contribution in [0.15, 0.2) is 75.9 Å². The lowest BCUT2D eigenvalue weighted by Crippen LogP contribution is -2.13. The van der Waals surface area contributed by atoms with Crippen molar-refractivity contribution in [2.45, 2.75) is 11.8 Å². The lowest BCUT2D eigenvalue weighted by atomic mass is 10.2. The van der Waals surface area contributed by atoms with Crippen molar-refractivity contribution in [3.05, 3.63) is 71.9 Å². The second-order valence-corrected chi connectivity index (χ2v) is 7.71. The molecule has 0 spiro atoms. The van der Waals surface area contributed by atoms with Crippen LogP contribution in [0.1, 0.15) is 15.9 Å². The molecule has 29 heavy (non-hydrogen) atoms. The van der Waals surface area contributed by atoms with Gasteiger partial charge in [-0.2, -0.15) is 10.2 Å². The summed E-state index contributed by atoms with van der Waals surface area (Å²) in [6, 6.07) is 12.8. The lowest BCUT2D eigenvalue weighted by molar-refractivity contribution is 0.0693. The zero-order chi connectivity index (χ0) is 21.0. The van der Waals surface area contributed by atoms with Crippen molar-refractivity contribution in [1.82, 2.24) is 4.98 Å². The summed E-state index contributed by atoms with van der Waals surface area (Å²) in [6.07, 6.45) is 1.51. The molecule has 0 unspecified atom stereocenters. The Morgan fingerprint density at radius 2 is 1.66 bits per heavy atom. The second kappa shape index (κ2) is 8.07. The van der Waals surface area contributed by atoms with Gasteiger partial charge < -0.3 is 10.2 Å². The highest BCUT2D eigenvalue weighted by Gasteiger charge is 2.15. The number of nitrogens with one attached hydrogen (secondary N) is 1. The normalized spacial score (nSPS) is 11.5. The first-order chi connectivity index (χ1) is 13.7. The van der Waals surface area contributed by atoms with Gasteiger partial charge in [0.25, 0.3) is 10.0 Å². The summed E-state index contributed by atoms with van der Waals surface area (Å²) >= 11 is 0. The highest BCUT2D eigenvalue weighted by molar-refractivity contribution is 7.92. The predicted molar refractivity (Wildman–Crippen MR) is 105 cm³/mol. The van der Waals surface area contributed by atoms with Gasteiger partial charge in [-0.3, -0.25) is 4.72 Å². The number of carboxylic acid groups (broad SMARTS) is 1. The second-order valence-electron chi connectivity index (χ2n) is 6.02. The zero-order valence-corrected chi connectivity index (χ0v) is 16.0. The van der Waals surface area contributed by atoms with Crippen molar-refractivity contribution in [1.29, 1.82) is 0 Å². The quantitative estimate of drug-likeness (QED) is 0.522. The van der Waals surface area contributed by atoms with Crippen LogP contribution in [0.2, 0.25) is 0 Å². The van der Waals surface area contributed by atoms with Crippen LogP contribution in [0, 0.1) is 6.92 Å². The predicted octanol–water partition coefficient (Wildman–Crippen LogP) is 4.01. The molecule has 0 amide bonds. The van der Waals surface area contributed by atoms with Gasteiger partial charge in [-0.25, -0.2) is 18.2 Å². The molecule has 9 nitrogen and oxygen atoms in total. The fourth-order valence-corrected chi connectivity index (χ4v) is 3.35. The number of hydrogen-bond acceptors (Lipinski definition) is 7. The number of nitrogens with zero attached hydrogens (tertiary/aromatic N) is 3. The molecule has 0 radical (unpaired) electrons. The van der Waals surface area contributed by atoms with Gasteiger partial charge in [0, 0.05) is 6.20 Å². The Morgan fingerprint density at radius 3 is 2.31 bits per heavy atom. The third-order valence-electron chi connectivity index (χ3n) is 3.79. The van der Waals surface area contributed by atoms with Gasteiger partial charge in [0.15, 0.2) is 0 Å². The van der Waals surface area contributed by atoms with Crippen LogP contribution in [-0.4, -0.2) is 29.6 Å². The van der Waals surface area contributed by atoms with E-state index < -0.39 is 16.0 Å². The molecule has 0 saturated carbocycles. The minimum atomic E-state index is -3.81. The molecular formula is C19H16N4O5S. The Balaban J connectivity index is 1.77. The number of pyridine rings is 1. The smallest absolute Gasteiger partial charge is 0.339 e. The zero-order valence-electron chi connectivity index (χ0n) is 15.1. The molecular weight excluding hydrogens is 396 g/mol. The average Bonchev–Trinajstić information content (AvgIpc) is 2.67. The molecule has 1 aromatic heterocycles. The number of hydrogen-bond donors (Lipinski definition) is 3. The van der Waals surface area contributed by atoms with E-state index in [-0.39, 0.29) is 27.7 Å². The Hall–Kier alpha value is -3.79. The highest BCUT2D eigenvalue weighted by Crippen LogP contribution is 2.26. The highest BCUT2D eigenvalue weighted by atomic mass is 32.2.